The van der Waals surface area contributed by atoms with E-state index in [1.54, 1.807) is 34.9 Å². The molecule has 3 aromatic rings. The summed E-state index contributed by atoms with van der Waals surface area (Å²) in [6.45, 7) is -2.40. The van der Waals surface area contributed by atoms with Crippen LogP contribution in [0.4, 0.5) is 14.7 Å². The van der Waals surface area contributed by atoms with Crippen LogP contribution in [-0.2, 0) is 4.79 Å². The van der Waals surface area contributed by atoms with Crippen LogP contribution >= 0.6 is 0 Å². The van der Waals surface area contributed by atoms with E-state index >= 15 is 0 Å². The summed E-state index contributed by atoms with van der Waals surface area (Å²) in [6.07, 6.45) is 2.38. The lowest BCUT2D eigenvalue weighted by Crippen LogP contribution is -2.30. The van der Waals surface area contributed by atoms with Gasteiger partial charge in [0.25, 0.3) is 0 Å². The maximum atomic E-state index is 12.9. The van der Waals surface area contributed by atoms with Gasteiger partial charge in [-0.1, -0.05) is 0 Å². The van der Waals surface area contributed by atoms with Crippen LogP contribution in [0.3, 0.4) is 0 Å². The molecule has 1 fully saturated rings. The molecule has 2 aromatic heterocycles. The zero-order valence-corrected chi connectivity index (χ0v) is 14.9. The highest BCUT2D eigenvalue weighted by Crippen LogP contribution is 2.36. The topological polar surface area (TPSA) is 89.8 Å². The van der Waals surface area contributed by atoms with Gasteiger partial charge in [-0.15, -0.1) is 10.2 Å². The van der Waals surface area contributed by atoms with Gasteiger partial charge >= 0.3 is 6.61 Å². The second kappa shape index (κ2) is 7.29. The van der Waals surface area contributed by atoms with E-state index in [4.69, 9.17) is 4.74 Å². The molecule has 1 atom stereocenters. The number of ether oxygens (including phenoxy) is 2. The first-order chi connectivity index (χ1) is 13.6. The molecule has 2 N–H and O–H groups in total. The van der Waals surface area contributed by atoms with Crippen molar-refractivity contribution in [1.29, 1.82) is 0 Å². The van der Waals surface area contributed by atoms with Crippen molar-refractivity contribution in [2.75, 3.05) is 19.0 Å². The van der Waals surface area contributed by atoms with Gasteiger partial charge in [-0.2, -0.15) is 8.78 Å². The Morgan fingerprint density at radius 3 is 2.89 bits per heavy atom. The Morgan fingerprint density at radius 2 is 2.18 bits per heavy atom. The molecule has 28 heavy (non-hydrogen) atoms. The average molecular weight is 389 g/mol. The highest BCUT2D eigenvalue weighted by molar-refractivity contribution is 5.86. The molecule has 0 radical (unpaired) electrons. The fraction of sp³-hybridized carbons (Fsp3) is 0.278. The van der Waals surface area contributed by atoms with E-state index in [0.717, 1.165) is 0 Å². The van der Waals surface area contributed by atoms with Crippen molar-refractivity contribution < 1.29 is 23.0 Å². The van der Waals surface area contributed by atoms with Gasteiger partial charge in [-0.25, -0.2) is 0 Å². The van der Waals surface area contributed by atoms with E-state index in [2.05, 4.69) is 25.6 Å². The van der Waals surface area contributed by atoms with Gasteiger partial charge in [0.2, 0.25) is 11.9 Å². The van der Waals surface area contributed by atoms with E-state index in [9.17, 15) is 13.6 Å². The van der Waals surface area contributed by atoms with E-state index in [-0.39, 0.29) is 11.7 Å². The van der Waals surface area contributed by atoms with Gasteiger partial charge in [0, 0.05) is 24.4 Å². The van der Waals surface area contributed by atoms with Crippen molar-refractivity contribution in [1.82, 2.24) is 19.9 Å². The van der Waals surface area contributed by atoms with E-state index < -0.39 is 12.7 Å². The highest BCUT2D eigenvalue weighted by atomic mass is 19.3. The molecule has 3 heterocycles. The second-order valence-electron chi connectivity index (χ2n) is 6.15. The molecule has 0 saturated carbocycles. The number of halogens is 2. The number of carbonyl (C=O) groups excluding carboxylic acids is 1. The third-order valence-corrected chi connectivity index (χ3v) is 4.48. The number of nitrogens with zero attached hydrogens (tertiary/aromatic N) is 3. The van der Waals surface area contributed by atoms with Crippen LogP contribution in [0.1, 0.15) is 6.42 Å². The van der Waals surface area contributed by atoms with Crippen LogP contribution in [0.5, 0.6) is 11.5 Å². The molecular formula is C18H17F2N5O3. The van der Waals surface area contributed by atoms with Crippen LogP contribution in [0.2, 0.25) is 0 Å². The SMILES string of the molecule is COc1ccc(-c2nnc(NC3CCNC3=O)n3cccc23)c(OC(F)F)c1. The van der Waals surface area contributed by atoms with Gasteiger partial charge in [0.1, 0.15) is 23.2 Å². The normalized spacial score (nSPS) is 16.4. The number of anilines is 1. The predicted molar refractivity (Wildman–Crippen MR) is 96.6 cm³/mol. The Hall–Kier alpha value is -3.43. The minimum Gasteiger partial charge on any atom is -0.497 e. The maximum absolute atomic E-state index is 12.9. The summed E-state index contributed by atoms with van der Waals surface area (Å²) in [5.74, 6) is 0.594. The van der Waals surface area contributed by atoms with Crippen molar-refractivity contribution in [3.8, 4) is 22.8 Å². The fourth-order valence-electron chi connectivity index (χ4n) is 3.15. The molecule has 1 unspecified atom stereocenters. The summed E-state index contributed by atoms with van der Waals surface area (Å²) in [4.78, 5) is 11.8. The summed E-state index contributed by atoms with van der Waals surface area (Å²) in [6, 6.07) is 7.75. The number of nitrogens with one attached hydrogen (secondary N) is 2. The Kier molecular flexibility index (Phi) is 4.68. The summed E-state index contributed by atoms with van der Waals surface area (Å²) in [5, 5.41) is 14.2. The number of hydrogen-bond donors (Lipinski definition) is 2. The van der Waals surface area contributed by atoms with Crippen LogP contribution in [0.25, 0.3) is 16.8 Å². The molecule has 1 aliphatic rings. The van der Waals surface area contributed by atoms with Gasteiger partial charge in [0.05, 0.1) is 12.6 Å². The quantitative estimate of drug-likeness (QED) is 0.673. The Bertz CT molecular complexity index is 1020. The second-order valence-corrected chi connectivity index (χ2v) is 6.15. The van der Waals surface area contributed by atoms with Crippen molar-refractivity contribution in [3.63, 3.8) is 0 Å². The number of carbonyl (C=O) groups is 1. The zero-order valence-electron chi connectivity index (χ0n) is 14.9. The summed E-state index contributed by atoms with van der Waals surface area (Å²) in [5.41, 5.74) is 1.34. The largest absolute Gasteiger partial charge is 0.497 e. The number of rotatable bonds is 6. The third-order valence-electron chi connectivity index (χ3n) is 4.48. The number of alkyl halides is 2. The first kappa shape index (κ1) is 18.0. The van der Waals surface area contributed by atoms with Crippen LogP contribution in [-0.4, -0.2) is 46.8 Å². The van der Waals surface area contributed by atoms with Gasteiger partial charge in [-0.3, -0.25) is 9.20 Å². The Morgan fingerprint density at radius 1 is 1.32 bits per heavy atom. The zero-order chi connectivity index (χ0) is 19.7. The van der Waals surface area contributed by atoms with Gasteiger partial charge < -0.3 is 20.1 Å². The fourth-order valence-corrected chi connectivity index (χ4v) is 3.15. The van der Waals surface area contributed by atoms with Crippen molar-refractivity contribution >= 4 is 17.4 Å². The standard InChI is InChI=1S/C18H17F2N5O3/c1-27-10-4-5-11(14(9-10)28-17(19)20)15-13-3-2-8-25(13)18(24-23-15)22-12-6-7-21-16(12)26/h2-5,8-9,12,17H,6-7H2,1H3,(H,21,26)(H,22,24). The molecular weight excluding hydrogens is 372 g/mol. The molecule has 10 heteroatoms. The number of benzene rings is 1. The number of aromatic nitrogens is 3. The number of methoxy groups -OCH3 is 1. The molecule has 146 valence electrons. The van der Waals surface area contributed by atoms with E-state index in [0.29, 0.717) is 41.4 Å². The van der Waals surface area contributed by atoms with E-state index in [1.807, 2.05) is 0 Å². The van der Waals surface area contributed by atoms with Crippen LogP contribution in [0, 0.1) is 0 Å². The van der Waals surface area contributed by atoms with Crippen molar-refractivity contribution in [3.05, 3.63) is 36.5 Å². The number of amides is 1. The lowest BCUT2D eigenvalue weighted by atomic mass is 10.1. The monoisotopic (exact) mass is 389 g/mol. The maximum Gasteiger partial charge on any atom is 0.387 e. The van der Waals surface area contributed by atoms with Gasteiger partial charge in [-0.05, 0) is 30.7 Å². The third kappa shape index (κ3) is 3.28. The lowest BCUT2D eigenvalue weighted by Gasteiger charge is -2.15. The molecule has 0 spiro atoms. The predicted octanol–water partition coefficient (Wildman–Crippen LogP) is 2.31. The summed E-state index contributed by atoms with van der Waals surface area (Å²) in [7, 11) is 1.44. The molecule has 1 aromatic carbocycles. The minimum atomic E-state index is -3.00. The van der Waals surface area contributed by atoms with Crippen molar-refractivity contribution in [2.24, 2.45) is 0 Å². The van der Waals surface area contributed by atoms with Gasteiger partial charge in [0.15, 0.2) is 0 Å². The van der Waals surface area contributed by atoms with Crippen molar-refractivity contribution in [2.45, 2.75) is 19.1 Å². The first-order valence-electron chi connectivity index (χ1n) is 8.58. The number of hydrogen-bond acceptors (Lipinski definition) is 6. The van der Waals surface area contributed by atoms with Crippen LogP contribution in [0.15, 0.2) is 36.5 Å². The first-order valence-corrected chi connectivity index (χ1v) is 8.58. The molecule has 1 amide bonds. The Labute approximate surface area is 158 Å². The highest BCUT2D eigenvalue weighted by Gasteiger charge is 2.25. The molecule has 8 nitrogen and oxygen atoms in total. The van der Waals surface area contributed by atoms with Crippen LogP contribution < -0.4 is 20.1 Å². The molecule has 1 aliphatic heterocycles. The average Bonchev–Trinajstić information content (AvgIpc) is 3.31. The summed E-state index contributed by atoms with van der Waals surface area (Å²) >= 11 is 0. The van der Waals surface area contributed by atoms with E-state index in [1.165, 1.54) is 13.2 Å². The minimum absolute atomic E-state index is 0.0670. The molecule has 1 saturated heterocycles. The molecule has 0 bridgehead atoms. The smallest absolute Gasteiger partial charge is 0.387 e. The Balaban J connectivity index is 1.77. The molecule has 4 rings (SSSR count). The molecule has 0 aliphatic carbocycles. The lowest BCUT2D eigenvalue weighted by molar-refractivity contribution is -0.119. The number of fused-ring (bicyclic) bond motifs is 1. The summed E-state index contributed by atoms with van der Waals surface area (Å²) < 4.78 is 37.2.